The quantitative estimate of drug-likeness (QED) is 0.337. The van der Waals surface area contributed by atoms with Crippen molar-refractivity contribution < 1.29 is 13.9 Å². The van der Waals surface area contributed by atoms with Gasteiger partial charge < -0.3 is 9.15 Å². The van der Waals surface area contributed by atoms with Gasteiger partial charge in [0.15, 0.2) is 9.84 Å². The molecule has 0 aliphatic carbocycles. The lowest BCUT2D eigenvalue weighted by Gasteiger charge is -2.16. The number of halogens is 2. The summed E-state index contributed by atoms with van der Waals surface area (Å²) in [5.74, 6) is 1.23. The summed E-state index contributed by atoms with van der Waals surface area (Å²) in [6.45, 7) is 0.407. The first-order chi connectivity index (χ1) is 14.5. The van der Waals surface area contributed by atoms with Gasteiger partial charge in [0.05, 0.1) is 28.7 Å². The Morgan fingerprint density at radius 1 is 1.13 bits per heavy atom. The Hall–Kier alpha value is -2.29. The van der Waals surface area contributed by atoms with Crippen LogP contribution in [0.4, 0.5) is 5.69 Å². The summed E-state index contributed by atoms with van der Waals surface area (Å²) in [7, 11) is 1.63. The van der Waals surface area contributed by atoms with E-state index in [0.717, 1.165) is 21.5 Å². The number of hydrogen-bond acceptors (Lipinski definition) is 5. The molecule has 1 aliphatic heterocycles. The fourth-order valence-electron chi connectivity index (χ4n) is 2.82. The molecule has 3 aromatic rings. The van der Waals surface area contributed by atoms with Crippen molar-refractivity contribution >= 4 is 66.5 Å². The number of aliphatic imine (C=N–C) groups is 1. The molecule has 1 saturated heterocycles. The van der Waals surface area contributed by atoms with Gasteiger partial charge in [0.2, 0.25) is 0 Å². The van der Waals surface area contributed by atoms with E-state index >= 15 is 0 Å². The minimum Gasteiger partial charge on any atom is -0.497 e. The molecular formula is C22H16Br2N2O3S. The van der Waals surface area contributed by atoms with Crippen LogP contribution in [-0.4, -0.2) is 23.1 Å². The highest BCUT2D eigenvalue weighted by Gasteiger charge is 2.34. The van der Waals surface area contributed by atoms with E-state index in [1.54, 1.807) is 18.1 Å². The Labute approximate surface area is 195 Å². The number of para-hydroxylation sites is 1. The molecule has 1 fully saturated rings. The number of amidine groups is 1. The zero-order chi connectivity index (χ0) is 21.1. The zero-order valence-electron chi connectivity index (χ0n) is 15.8. The van der Waals surface area contributed by atoms with Crippen molar-refractivity contribution in [1.29, 1.82) is 0 Å². The van der Waals surface area contributed by atoms with Crippen LogP contribution in [0.1, 0.15) is 11.3 Å². The highest BCUT2D eigenvalue weighted by atomic mass is 79.9. The van der Waals surface area contributed by atoms with Gasteiger partial charge in [0.1, 0.15) is 11.5 Å². The number of hydrogen-bond donors (Lipinski definition) is 0. The second-order valence-corrected chi connectivity index (χ2v) is 8.93. The number of thioether (sulfide) groups is 1. The van der Waals surface area contributed by atoms with Crippen LogP contribution in [0, 0.1) is 0 Å². The van der Waals surface area contributed by atoms with Crippen LogP contribution >= 0.6 is 43.6 Å². The topological polar surface area (TPSA) is 55.0 Å². The number of benzene rings is 2. The Balaban J connectivity index is 1.67. The van der Waals surface area contributed by atoms with Crippen LogP contribution in [-0.2, 0) is 11.3 Å². The SMILES string of the molecule is COc1ccc(CN2C(=O)/C(=C/c3cc(Br)c(Br)o3)SC2=Nc2ccccc2)cc1. The third kappa shape index (κ3) is 4.71. The van der Waals surface area contributed by atoms with Gasteiger partial charge in [-0.1, -0.05) is 30.3 Å². The van der Waals surface area contributed by atoms with Crippen molar-refractivity contribution in [3.63, 3.8) is 0 Å². The monoisotopic (exact) mass is 546 g/mol. The predicted molar refractivity (Wildman–Crippen MR) is 127 cm³/mol. The van der Waals surface area contributed by atoms with Crippen LogP contribution < -0.4 is 4.74 Å². The van der Waals surface area contributed by atoms with Gasteiger partial charge in [0, 0.05) is 6.08 Å². The minimum atomic E-state index is -0.117. The molecule has 0 N–H and O–H groups in total. The molecule has 5 nitrogen and oxygen atoms in total. The van der Waals surface area contributed by atoms with Crippen LogP contribution in [0.25, 0.3) is 6.08 Å². The van der Waals surface area contributed by atoms with E-state index in [-0.39, 0.29) is 5.91 Å². The number of carbonyl (C=O) groups excluding carboxylic acids is 1. The first-order valence-electron chi connectivity index (χ1n) is 8.96. The van der Waals surface area contributed by atoms with Crippen molar-refractivity contribution in [3.05, 3.63) is 86.0 Å². The van der Waals surface area contributed by atoms with Gasteiger partial charge in [-0.2, -0.15) is 0 Å². The Bertz CT molecular complexity index is 1110. The lowest BCUT2D eigenvalue weighted by Crippen LogP contribution is -2.28. The Kier molecular flexibility index (Phi) is 6.46. The number of carbonyl (C=O) groups is 1. The van der Waals surface area contributed by atoms with E-state index in [0.29, 0.717) is 27.0 Å². The first-order valence-corrected chi connectivity index (χ1v) is 11.4. The molecule has 0 atom stereocenters. The summed E-state index contributed by atoms with van der Waals surface area (Å²) in [4.78, 5) is 20.1. The maximum Gasteiger partial charge on any atom is 0.267 e. The van der Waals surface area contributed by atoms with Crippen LogP contribution in [0.3, 0.4) is 0 Å². The molecule has 8 heteroatoms. The number of ether oxygens (including phenoxy) is 1. The van der Waals surface area contributed by atoms with Gasteiger partial charge in [-0.3, -0.25) is 9.69 Å². The average molecular weight is 548 g/mol. The van der Waals surface area contributed by atoms with Crippen molar-refractivity contribution in [2.45, 2.75) is 6.54 Å². The number of nitrogens with zero attached hydrogens (tertiary/aromatic N) is 2. The minimum absolute atomic E-state index is 0.117. The van der Waals surface area contributed by atoms with Crippen molar-refractivity contribution in [1.82, 2.24) is 4.90 Å². The Morgan fingerprint density at radius 3 is 2.50 bits per heavy atom. The van der Waals surface area contributed by atoms with Gasteiger partial charge in [-0.25, -0.2) is 4.99 Å². The molecule has 2 aromatic carbocycles. The number of rotatable bonds is 5. The first kappa shape index (κ1) is 21.0. The van der Waals surface area contributed by atoms with Crippen molar-refractivity contribution in [3.8, 4) is 5.75 Å². The van der Waals surface area contributed by atoms with Gasteiger partial charge in [-0.05, 0) is 79.5 Å². The summed E-state index contributed by atoms with van der Waals surface area (Å²) < 4.78 is 12.2. The van der Waals surface area contributed by atoms with Crippen molar-refractivity contribution in [2.75, 3.05) is 7.11 Å². The smallest absolute Gasteiger partial charge is 0.267 e. The average Bonchev–Trinajstić information content (AvgIpc) is 3.22. The molecule has 1 aromatic heterocycles. The molecule has 0 spiro atoms. The van der Waals surface area contributed by atoms with E-state index in [1.807, 2.05) is 60.7 Å². The summed E-state index contributed by atoms with van der Waals surface area (Å²) >= 11 is 8.05. The molecule has 0 saturated carbocycles. The van der Waals surface area contributed by atoms with Crippen molar-refractivity contribution in [2.24, 2.45) is 4.99 Å². The molecule has 0 unspecified atom stereocenters. The van der Waals surface area contributed by atoms with E-state index in [1.165, 1.54) is 11.8 Å². The molecule has 152 valence electrons. The molecule has 1 amide bonds. The van der Waals surface area contributed by atoms with E-state index in [4.69, 9.17) is 14.1 Å². The fourth-order valence-corrected chi connectivity index (χ4v) is 4.41. The number of methoxy groups -OCH3 is 1. The van der Waals surface area contributed by atoms with Crippen LogP contribution in [0.15, 0.2) is 84.1 Å². The Morgan fingerprint density at radius 2 is 1.87 bits per heavy atom. The second-order valence-electron chi connectivity index (χ2n) is 6.35. The van der Waals surface area contributed by atoms with Gasteiger partial charge >= 0.3 is 0 Å². The lowest BCUT2D eigenvalue weighted by atomic mass is 10.2. The summed E-state index contributed by atoms with van der Waals surface area (Å²) in [5.41, 5.74) is 1.77. The zero-order valence-corrected chi connectivity index (χ0v) is 19.8. The molecule has 0 bridgehead atoms. The van der Waals surface area contributed by atoms with Crippen LogP contribution in [0.5, 0.6) is 5.75 Å². The molecule has 0 radical (unpaired) electrons. The molecule has 4 rings (SSSR count). The highest BCUT2D eigenvalue weighted by Crippen LogP contribution is 2.36. The summed E-state index contributed by atoms with van der Waals surface area (Å²) in [6.07, 6.45) is 1.73. The second kappa shape index (κ2) is 9.24. The molecule has 2 heterocycles. The predicted octanol–water partition coefficient (Wildman–Crippen LogP) is 6.62. The summed E-state index contributed by atoms with van der Waals surface area (Å²) in [5, 5.41) is 0.623. The number of amides is 1. The maximum absolute atomic E-state index is 13.2. The third-order valence-electron chi connectivity index (χ3n) is 4.31. The largest absolute Gasteiger partial charge is 0.497 e. The van der Waals surface area contributed by atoms with Crippen LogP contribution in [0.2, 0.25) is 0 Å². The van der Waals surface area contributed by atoms with Gasteiger partial charge in [0.25, 0.3) is 5.91 Å². The maximum atomic E-state index is 13.2. The highest BCUT2D eigenvalue weighted by molar-refractivity contribution is 9.13. The standard InChI is InChI=1S/C22H16Br2N2O3S/c1-28-16-9-7-14(8-10-16)13-26-21(27)19(12-17-11-18(23)20(24)29-17)30-22(26)25-15-5-3-2-4-6-15/h2-12H,13H2,1H3/b19-12-,25-22?. The third-order valence-corrected chi connectivity index (χ3v) is 7.02. The molecular weight excluding hydrogens is 532 g/mol. The van der Waals surface area contributed by atoms with E-state index in [9.17, 15) is 4.79 Å². The lowest BCUT2D eigenvalue weighted by molar-refractivity contribution is -0.122. The van der Waals surface area contributed by atoms with E-state index < -0.39 is 0 Å². The van der Waals surface area contributed by atoms with E-state index in [2.05, 4.69) is 31.9 Å². The normalized spacial score (nSPS) is 16.6. The fraction of sp³-hybridized carbons (Fsp3) is 0.0909. The molecule has 1 aliphatic rings. The number of furan rings is 1. The molecule has 30 heavy (non-hydrogen) atoms. The summed E-state index contributed by atoms with van der Waals surface area (Å²) in [6, 6.07) is 19.1. The van der Waals surface area contributed by atoms with Gasteiger partial charge in [-0.15, -0.1) is 0 Å².